The van der Waals surface area contributed by atoms with Gasteiger partial charge in [-0.1, -0.05) is 207 Å². The van der Waals surface area contributed by atoms with Crippen LogP contribution in [0.5, 0.6) is 0 Å². The molecule has 49 heavy (non-hydrogen) atoms. The van der Waals surface area contributed by atoms with E-state index in [1.807, 2.05) is 0 Å². The van der Waals surface area contributed by atoms with Crippen molar-refractivity contribution in [2.24, 2.45) is 0 Å². The summed E-state index contributed by atoms with van der Waals surface area (Å²) in [5.41, 5.74) is 5.46. The van der Waals surface area contributed by atoms with Crippen LogP contribution in [0, 0.1) is 16.2 Å². The van der Waals surface area contributed by atoms with Crippen LogP contribution in [0.15, 0.2) is 0 Å². The first-order chi connectivity index (χ1) is 24.1. The standard InChI is InChI=1S/C46H84NO2/c1-5-9-13-17-21-25-29-33-37-42-41-46(47(48)49)45(40-36-32-28-24-20-16-12-8-4)44(39-35-31-27-23-19-15-11-7-3)43(42)38-34-30-26-22-18-14-10-6-2/h5-40H2,1-4H3. The highest BCUT2D eigenvalue weighted by atomic mass is 16.6. The Morgan fingerprint density at radius 1 is 0.367 bits per heavy atom. The number of hydrogen-bond donors (Lipinski definition) is 0. The number of nitrogens with zero attached hydrogens (tertiary/aromatic N) is 1. The van der Waals surface area contributed by atoms with Gasteiger partial charge in [-0.25, -0.2) is 0 Å². The van der Waals surface area contributed by atoms with Crippen molar-refractivity contribution in [1.29, 1.82) is 0 Å². The quantitative estimate of drug-likeness (QED) is 0.0398. The van der Waals surface area contributed by atoms with Crippen molar-refractivity contribution in [3.8, 4) is 0 Å². The van der Waals surface area contributed by atoms with Crippen LogP contribution >= 0.6 is 0 Å². The average molecular weight is 683 g/mol. The van der Waals surface area contributed by atoms with Gasteiger partial charge >= 0.3 is 0 Å². The van der Waals surface area contributed by atoms with Gasteiger partial charge < -0.3 is 0 Å². The summed E-state index contributed by atoms with van der Waals surface area (Å²) in [4.78, 5) is 12.6. The van der Waals surface area contributed by atoms with Crippen LogP contribution in [0.2, 0.25) is 0 Å². The van der Waals surface area contributed by atoms with Gasteiger partial charge in [0.2, 0.25) is 0 Å². The Labute approximate surface area is 307 Å². The first-order valence-electron chi connectivity index (χ1n) is 22.3. The molecule has 0 aliphatic heterocycles. The van der Waals surface area contributed by atoms with Gasteiger partial charge in [0.15, 0.2) is 0 Å². The molecule has 0 spiro atoms. The maximum absolute atomic E-state index is 12.7. The Balaban J connectivity index is 3.13. The number of nitro groups is 1. The van der Waals surface area contributed by atoms with E-state index in [0.717, 1.165) is 44.1 Å². The van der Waals surface area contributed by atoms with E-state index in [1.165, 1.54) is 209 Å². The summed E-state index contributed by atoms with van der Waals surface area (Å²) < 4.78 is 0. The predicted octanol–water partition coefficient (Wildman–Crippen LogP) is 16.1. The van der Waals surface area contributed by atoms with Gasteiger partial charge in [-0.2, -0.15) is 0 Å². The molecular formula is C46H84NO2. The van der Waals surface area contributed by atoms with Crippen molar-refractivity contribution < 1.29 is 4.92 Å². The zero-order valence-corrected chi connectivity index (χ0v) is 33.7. The third kappa shape index (κ3) is 23.7. The minimum absolute atomic E-state index is 0.0748. The van der Waals surface area contributed by atoms with Crippen molar-refractivity contribution in [2.45, 2.75) is 259 Å². The molecule has 0 saturated carbocycles. The molecule has 1 aromatic carbocycles. The lowest BCUT2D eigenvalue weighted by Gasteiger charge is -2.20. The molecule has 0 unspecified atom stereocenters. The Morgan fingerprint density at radius 2 is 0.633 bits per heavy atom. The molecule has 3 heteroatoms. The van der Waals surface area contributed by atoms with E-state index in [9.17, 15) is 10.1 Å². The topological polar surface area (TPSA) is 43.1 Å². The molecule has 0 aliphatic carbocycles. The van der Waals surface area contributed by atoms with Crippen molar-refractivity contribution >= 4 is 5.69 Å². The summed E-state index contributed by atoms with van der Waals surface area (Å²) in [5, 5.41) is 12.7. The van der Waals surface area contributed by atoms with Gasteiger partial charge in [0.1, 0.15) is 0 Å². The van der Waals surface area contributed by atoms with Crippen LogP contribution in [-0.4, -0.2) is 4.92 Å². The summed E-state index contributed by atoms with van der Waals surface area (Å²) in [5.74, 6) is 0. The largest absolute Gasteiger partial charge is 0.281 e. The van der Waals surface area contributed by atoms with Gasteiger partial charge in [0, 0.05) is 5.56 Å². The van der Waals surface area contributed by atoms with Gasteiger partial charge in [-0.3, -0.25) is 10.1 Å². The average Bonchev–Trinajstić information content (AvgIpc) is 3.10. The summed E-state index contributed by atoms with van der Waals surface area (Å²) in [6.45, 7) is 9.14. The van der Waals surface area contributed by atoms with E-state index >= 15 is 0 Å². The maximum Gasteiger partial charge on any atom is 0.281 e. The number of unbranched alkanes of at least 4 members (excludes halogenated alkanes) is 28. The molecule has 0 aromatic heterocycles. The van der Waals surface area contributed by atoms with Crippen LogP contribution in [0.4, 0.5) is 5.69 Å². The fourth-order valence-electron chi connectivity index (χ4n) is 7.79. The smallest absolute Gasteiger partial charge is 0.258 e. The van der Waals surface area contributed by atoms with E-state index in [1.54, 1.807) is 0 Å². The first kappa shape index (κ1) is 45.6. The molecule has 1 radical (unpaired) electrons. The SMILES string of the molecule is CCCCCCCCCCc1[c]c([N+](=O)[O-])c(CCCCCCCCCC)c(CCCCCCCCCC)c1CCCCCCCCCC. The molecule has 285 valence electrons. The van der Waals surface area contributed by atoms with Crippen LogP contribution < -0.4 is 0 Å². The molecule has 0 N–H and O–H groups in total. The van der Waals surface area contributed by atoms with E-state index in [2.05, 4.69) is 33.8 Å². The highest BCUT2D eigenvalue weighted by molar-refractivity contribution is 5.53. The molecule has 0 fully saturated rings. The third-order valence-electron chi connectivity index (χ3n) is 11.0. The molecule has 1 aromatic rings. The number of benzene rings is 1. The maximum atomic E-state index is 12.7. The molecule has 0 saturated heterocycles. The van der Waals surface area contributed by atoms with E-state index in [-0.39, 0.29) is 4.92 Å². The Bertz CT molecular complexity index is 894. The highest BCUT2D eigenvalue weighted by Gasteiger charge is 2.24. The summed E-state index contributed by atoms with van der Waals surface area (Å²) in [7, 11) is 0. The van der Waals surface area contributed by atoms with Gasteiger partial charge in [0.25, 0.3) is 5.69 Å². The van der Waals surface area contributed by atoms with Crippen LogP contribution in [0.3, 0.4) is 0 Å². The van der Waals surface area contributed by atoms with Crippen molar-refractivity contribution in [2.75, 3.05) is 0 Å². The fraction of sp³-hybridized carbons (Fsp3) is 0.870. The molecule has 3 nitrogen and oxygen atoms in total. The minimum Gasteiger partial charge on any atom is -0.258 e. The summed E-state index contributed by atoms with van der Waals surface area (Å²) in [6, 6.07) is 3.52. The Hall–Kier alpha value is -1.38. The second kappa shape index (κ2) is 33.7. The molecular weight excluding hydrogens is 599 g/mol. The molecule has 0 bridgehead atoms. The number of rotatable bonds is 37. The molecule has 1 rings (SSSR count). The van der Waals surface area contributed by atoms with E-state index in [0.29, 0.717) is 5.69 Å². The Morgan fingerprint density at radius 3 is 0.959 bits per heavy atom. The van der Waals surface area contributed by atoms with Crippen molar-refractivity contribution in [3.05, 3.63) is 38.4 Å². The first-order valence-corrected chi connectivity index (χ1v) is 22.3. The van der Waals surface area contributed by atoms with Gasteiger partial charge in [-0.05, 0) is 68.1 Å². The molecule has 0 aliphatic rings. The normalized spacial score (nSPS) is 11.5. The number of aryl methyl sites for hydroxylation is 1. The lowest BCUT2D eigenvalue weighted by Crippen LogP contribution is -2.10. The van der Waals surface area contributed by atoms with Gasteiger partial charge in [0.05, 0.1) is 11.0 Å². The van der Waals surface area contributed by atoms with Crippen molar-refractivity contribution in [1.82, 2.24) is 0 Å². The monoisotopic (exact) mass is 683 g/mol. The van der Waals surface area contributed by atoms with Crippen LogP contribution in [-0.2, 0) is 25.7 Å². The predicted molar refractivity (Wildman–Crippen MR) is 217 cm³/mol. The number of nitro benzene ring substituents is 1. The van der Waals surface area contributed by atoms with Crippen molar-refractivity contribution in [3.63, 3.8) is 0 Å². The van der Waals surface area contributed by atoms with E-state index < -0.39 is 0 Å². The third-order valence-corrected chi connectivity index (χ3v) is 11.0. The number of hydrogen-bond acceptors (Lipinski definition) is 2. The molecule has 0 atom stereocenters. The zero-order valence-electron chi connectivity index (χ0n) is 33.7. The second-order valence-electron chi connectivity index (χ2n) is 15.5. The highest BCUT2D eigenvalue weighted by Crippen LogP contribution is 2.34. The van der Waals surface area contributed by atoms with Crippen LogP contribution in [0.1, 0.15) is 255 Å². The summed E-state index contributed by atoms with van der Waals surface area (Å²) in [6.07, 6.45) is 45.5. The van der Waals surface area contributed by atoms with Crippen LogP contribution in [0.25, 0.3) is 0 Å². The molecule has 0 heterocycles. The fourth-order valence-corrected chi connectivity index (χ4v) is 7.79. The zero-order chi connectivity index (χ0) is 35.6. The summed E-state index contributed by atoms with van der Waals surface area (Å²) >= 11 is 0. The minimum atomic E-state index is -0.0748. The molecule has 0 amide bonds. The van der Waals surface area contributed by atoms with Gasteiger partial charge in [-0.15, -0.1) is 0 Å². The lowest BCUT2D eigenvalue weighted by atomic mass is 9.84. The lowest BCUT2D eigenvalue weighted by molar-refractivity contribution is -0.386. The second-order valence-corrected chi connectivity index (χ2v) is 15.5. The Kier molecular flexibility index (Phi) is 31.4. The van der Waals surface area contributed by atoms with E-state index in [4.69, 9.17) is 0 Å².